The summed E-state index contributed by atoms with van der Waals surface area (Å²) in [6.07, 6.45) is 0.833. The Morgan fingerprint density at radius 2 is 2.00 bits per heavy atom. The van der Waals surface area contributed by atoms with Crippen molar-refractivity contribution in [1.82, 2.24) is 0 Å². The summed E-state index contributed by atoms with van der Waals surface area (Å²) in [5.41, 5.74) is 0. The number of hydrogen-bond acceptors (Lipinski definition) is 2. The minimum Gasteiger partial charge on any atom is -0.534 e. The smallest absolute Gasteiger partial charge is 0.327 e. The molecule has 52 valence electrons. The summed E-state index contributed by atoms with van der Waals surface area (Å²) < 4.78 is 1.58. The molecule has 1 saturated heterocycles. The molecule has 0 amide bonds. The van der Waals surface area contributed by atoms with Crippen molar-refractivity contribution in [3.8, 4) is 0 Å². The van der Waals surface area contributed by atoms with Crippen molar-refractivity contribution >= 4 is 5.97 Å². The molecule has 0 unspecified atom stereocenters. The lowest BCUT2D eigenvalue weighted by Crippen LogP contribution is -2.01. The fourth-order valence-electron chi connectivity index (χ4n) is 0.0340. The van der Waals surface area contributed by atoms with Gasteiger partial charge in [-0.05, 0) is 0 Å². The van der Waals surface area contributed by atoms with Crippen molar-refractivity contribution in [2.24, 2.45) is 0 Å². The third-order valence-corrected chi connectivity index (χ3v) is 0.545. The molecular formula is C5H8O4. The van der Waals surface area contributed by atoms with Gasteiger partial charge in [0.1, 0.15) is 0 Å². The summed E-state index contributed by atoms with van der Waals surface area (Å²) in [6.45, 7) is 4.32. The molecule has 0 aromatic carbocycles. The van der Waals surface area contributed by atoms with Crippen LogP contribution in [0.1, 0.15) is 0 Å². The molecule has 0 bridgehead atoms. The van der Waals surface area contributed by atoms with Crippen molar-refractivity contribution < 1.29 is 19.7 Å². The molecule has 1 aliphatic heterocycles. The highest BCUT2D eigenvalue weighted by Crippen LogP contribution is 1.96. The van der Waals surface area contributed by atoms with Crippen molar-refractivity contribution in [3.05, 3.63) is 12.7 Å². The van der Waals surface area contributed by atoms with Crippen molar-refractivity contribution in [1.29, 1.82) is 0 Å². The van der Waals surface area contributed by atoms with Crippen LogP contribution in [0.4, 0.5) is 0 Å². The first kappa shape index (κ1) is 8.13. The molecule has 0 radical (unpaired) electrons. The van der Waals surface area contributed by atoms with Crippen molar-refractivity contribution in [3.63, 3.8) is 0 Å². The summed E-state index contributed by atoms with van der Waals surface area (Å²) in [4.78, 5) is 9.25. The monoisotopic (exact) mass is 132 g/mol. The average Bonchev–Trinajstić information content (AvgIpc) is 2.53. The average molecular weight is 132 g/mol. The quantitative estimate of drug-likeness (QED) is 0.217. The molecule has 9 heavy (non-hydrogen) atoms. The maximum atomic E-state index is 9.39. The molecule has 0 aromatic heterocycles. The number of carboxylic acids is 1. The van der Waals surface area contributed by atoms with Gasteiger partial charge in [0.15, 0.2) is 0 Å². The Labute approximate surface area is 52.6 Å². The minimum absolute atomic E-state index is 0.681. The van der Waals surface area contributed by atoms with E-state index in [4.69, 9.17) is 5.11 Å². The highest BCUT2D eigenvalue weighted by molar-refractivity contribution is 5.78. The Bertz CT molecular complexity index is 106. The Morgan fingerprint density at radius 3 is 2.00 bits per heavy atom. The van der Waals surface area contributed by atoms with Crippen molar-refractivity contribution in [2.45, 2.75) is 0 Å². The van der Waals surface area contributed by atoms with Gasteiger partial charge in [-0.1, -0.05) is 6.58 Å². The van der Waals surface area contributed by atoms with Crippen LogP contribution in [-0.2, 0) is 9.31 Å². The molecule has 4 heteroatoms. The third kappa shape index (κ3) is 11.0. The molecule has 0 spiro atoms. The van der Waals surface area contributed by atoms with Crippen molar-refractivity contribution in [2.75, 3.05) is 13.2 Å². The van der Waals surface area contributed by atoms with Crippen LogP contribution in [-0.4, -0.2) is 24.3 Å². The van der Waals surface area contributed by atoms with E-state index in [1.807, 2.05) is 0 Å². The molecule has 1 N–H and O–H groups in total. The van der Waals surface area contributed by atoms with E-state index < -0.39 is 5.97 Å². The third-order valence-electron chi connectivity index (χ3n) is 0.545. The normalized spacial score (nSPS) is 15.2. The van der Waals surface area contributed by atoms with E-state index in [0.717, 1.165) is 6.08 Å². The molecule has 0 aromatic rings. The van der Waals surface area contributed by atoms with Gasteiger partial charge in [-0.15, -0.1) is 0 Å². The van der Waals surface area contributed by atoms with E-state index in [2.05, 4.69) is 6.58 Å². The van der Waals surface area contributed by atoms with Gasteiger partial charge in [-0.25, -0.2) is 4.79 Å². The summed E-state index contributed by atoms with van der Waals surface area (Å²) >= 11 is 0. The van der Waals surface area contributed by atoms with Crippen LogP contribution in [0.2, 0.25) is 0 Å². The molecule has 0 aliphatic carbocycles. The topological polar surface area (TPSA) is 63.1 Å². The van der Waals surface area contributed by atoms with Crippen LogP contribution in [0.3, 0.4) is 0 Å². The second kappa shape index (κ2) is 4.05. The molecular weight excluding hydrogens is 124 g/mol. The van der Waals surface area contributed by atoms with Gasteiger partial charge in [-0.3, -0.25) is 0 Å². The van der Waals surface area contributed by atoms with E-state index in [0.29, 0.717) is 13.2 Å². The molecule has 4 nitrogen and oxygen atoms in total. The van der Waals surface area contributed by atoms with Crippen LogP contribution in [0.25, 0.3) is 0 Å². The number of carbonyl (C=O) groups is 1. The maximum Gasteiger partial charge on any atom is 0.327 e. The Hall–Kier alpha value is -0.870. The van der Waals surface area contributed by atoms with Gasteiger partial charge < -0.3 is 14.9 Å². The molecule has 1 aliphatic rings. The number of hydrogen-bond donors (Lipinski definition) is 1. The first-order chi connectivity index (χ1) is 4.16. The summed E-state index contributed by atoms with van der Waals surface area (Å²) in [5.74, 6) is -0.981. The van der Waals surface area contributed by atoms with E-state index in [9.17, 15) is 10.1 Å². The zero-order valence-corrected chi connectivity index (χ0v) is 4.87. The lowest BCUT2D eigenvalue weighted by Gasteiger charge is -1.84. The first-order valence-electron chi connectivity index (χ1n) is 2.37. The van der Waals surface area contributed by atoms with Crippen LogP contribution < -0.4 is 5.26 Å². The largest absolute Gasteiger partial charge is 0.534 e. The van der Waals surface area contributed by atoms with E-state index in [1.165, 1.54) is 0 Å². The van der Waals surface area contributed by atoms with Gasteiger partial charge in [-0.2, -0.15) is 0 Å². The summed E-state index contributed by atoms with van der Waals surface area (Å²) in [7, 11) is 0. The predicted octanol–water partition coefficient (Wildman–Crippen LogP) is -0.915. The molecule has 0 atom stereocenters. The van der Waals surface area contributed by atoms with Crippen LogP contribution >= 0.6 is 0 Å². The SMILES string of the molecule is C=CC(=O)O.[O-][O+]1CC1. The van der Waals surface area contributed by atoms with Gasteiger partial charge in [0.2, 0.25) is 13.2 Å². The number of aliphatic carboxylic acids is 1. The Balaban J connectivity index is 0.000000144. The number of rotatable bonds is 1. The van der Waals surface area contributed by atoms with Crippen LogP contribution in [0.5, 0.6) is 0 Å². The fourth-order valence-corrected chi connectivity index (χ4v) is 0.0340. The summed E-state index contributed by atoms with van der Waals surface area (Å²) in [5, 5.41) is 17.0. The second-order valence-corrected chi connectivity index (χ2v) is 1.39. The number of carboxylic acid groups (broad SMARTS) is 1. The van der Waals surface area contributed by atoms with E-state index in [1.54, 1.807) is 4.52 Å². The minimum atomic E-state index is -0.981. The molecule has 1 heterocycles. The lowest BCUT2D eigenvalue weighted by atomic mass is 10.7. The zero-order chi connectivity index (χ0) is 7.28. The standard InChI is InChI=1S/C3H4O2.C2H4O2/c1-2-3(4)5;3-4-1-2-4/h2H,1H2,(H,4,5);1-2H2. The number of epoxide rings is 1. The highest BCUT2D eigenvalue weighted by Gasteiger charge is 2.14. The summed E-state index contributed by atoms with van der Waals surface area (Å²) in [6, 6.07) is 0. The fraction of sp³-hybridized carbons (Fsp3) is 0.400. The zero-order valence-electron chi connectivity index (χ0n) is 4.87. The maximum absolute atomic E-state index is 9.39. The highest BCUT2D eigenvalue weighted by atomic mass is 17.3. The molecule has 1 rings (SSSR count). The Kier molecular flexibility index (Phi) is 3.66. The van der Waals surface area contributed by atoms with Gasteiger partial charge in [0, 0.05) is 6.08 Å². The van der Waals surface area contributed by atoms with E-state index >= 15 is 0 Å². The molecule has 0 saturated carbocycles. The molecule has 1 fully saturated rings. The van der Waals surface area contributed by atoms with E-state index in [-0.39, 0.29) is 0 Å². The van der Waals surface area contributed by atoms with Gasteiger partial charge in [0.05, 0.1) is 0 Å². The van der Waals surface area contributed by atoms with Crippen LogP contribution in [0, 0.1) is 0 Å². The Morgan fingerprint density at radius 1 is 1.78 bits per heavy atom. The van der Waals surface area contributed by atoms with Gasteiger partial charge >= 0.3 is 5.97 Å². The second-order valence-electron chi connectivity index (χ2n) is 1.39. The first-order valence-corrected chi connectivity index (χ1v) is 2.37. The van der Waals surface area contributed by atoms with Gasteiger partial charge in [0.25, 0.3) is 0 Å². The van der Waals surface area contributed by atoms with Crippen LogP contribution in [0.15, 0.2) is 12.7 Å². The lowest BCUT2D eigenvalue weighted by molar-refractivity contribution is -0.730. The predicted molar refractivity (Wildman–Crippen MR) is 28.7 cm³/mol.